The number of hydrogen-bond acceptors (Lipinski definition) is 4. The van der Waals surface area contributed by atoms with E-state index in [2.05, 4.69) is 18.7 Å². The number of carbonyl (C=O) groups is 1. The maximum absolute atomic E-state index is 12.3. The second kappa shape index (κ2) is 9.35. The lowest BCUT2D eigenvalue weighted by Crippen LogP contribution is -2.50. The van der Waals surface area contributed by atoms with E-state index in [9.17, 15) is 4.79 Å². The molecular weight excluding hydrogens is 252 g/mol. The molecule has 0 spiro atoms. The van der Waals surface area contributed by atoms with Crippen molar-refractivity contribution in [2.24, 2.45) is 5.73 Å². The van der Waals surface area contributed by atoms with Crippen molar-refractivity contribution in [3.63, 3.8) is 0 Å². The molecule has 0 amide bonds. The van der Waals surface area contributed by atoms with Crippen molar-refractivity contribution in [1.29, 1.82) is 0 Å². The average molecular weight is 284 g/mol. The molecule has 1 saturated carbocycles. The van der Waals surface area contributed by atoms with E-state index in [-0.39, 0.29) is 12.0 Å². The molecule has 0 aliphatic heterocycles. The first-order chi connectivity index (χ1) is 9.63. The number of esters is 1. The predicted octanol–water partition coefficient (Wildman–Crippen LogP) is 2.70. The van der Waals surface area contributed by atoms with Gasteiger partial charge >= 0.3 is 5.97 Å². The minimum atomic E-state index is -0.0702. The summed E-state index contributed by atoms with van der Waals surface area (Å²) in [6, 6.07) is 0.775. The summed E-state index contributed by atoms with van der Waals surface area (Å²) < 4.78 is 5.29. The maximum atomic E-state index is 12.3. The van der Waals surface area contributed by atoms with E-state index >= 15 is 0 Å². The fourth-order valence-electron chi connectivity index (χ4n) is 3.22. The summed E-state index contributed by atoms with van der Waals surface area (Å²) in [7, 11) is 0. The molecule has 0 aromatic heterocycles. The fourth-order valence-corrected chi connectivity index (χ4v) is 3.22. The Kier molecular flexibility index (Phi) is 8.15. The van der Waals surface area contributed by atoms with Crippen molar-refractivity contribution in [3.8, 4) is 0 Å². The molecule has 1 fully saturated rings. The standard InChI is InChI=1S/C16H32N2O2/c1-4-7-15(16(19)20-6-3)18(12-5-2)14-10-8-13(17)9-11-14/h13-15H,4-12,17H2,1-3H3. The average Bonchev–Trinajstić information content (AvgIpc) is 2.44. The lowest BCUT2D eigenvalue weighted by Gasteiger charge is -2.39. The molecule has 1 aliphatic rings. The second-order valence-corrected chi connectivity index (χ2v) is 5.86. The second-order valence-electron chi connectivity index (χ2n) is 5.86. The summed E-state index contributed by atoms with van der Waals surface area (Å²) in [5.41, 5.74) is 6.00. The van der Waals surface area contributed by atoms with Crippen LogP contribution < -0.4 is 5.73 Å². The summed E-state index contributed by atoms with van der Waals surface area (Å²) in [6.45, 7) is 7.63. The molecule has 20 heavy (non-hydrogen) atoms. The van der Waals surface area contributed by atoms with Gasteiger partial charge in [-0.3, -0.25) is 9.69 Å². The van der Waals surface area contributed by atoms with Crippen LogP contribution in [0.5, 0.6) is 0 Å². The lowest BCUT2D eigenvalue weighted by molar-refractivity contribution is -0.151. The summed E-state index contributed by atoms with van der Waals surface area (Å²) in [5, 5.41) is 0. The predicted molar refractivity (Wildman–Crippen MR) is 82.6 cm³/mol. The van der Waals surface area contributed by atoms with E-state index in [1.165, 1.54) is 0 Å². The number of ether oxygens (including phenoxy) is 1. The Morgan fingerprint density at radius 2 is 1.85 bits per heavy atom. The van der Waals surface area contributed by atoms with E-state index in [4.69, 9.17) is 10.5 Å². The van der Waals surface area contributed by atoms with Crippen LogP contribution in [0.4, 0.5) is 0 Å². The molecule has 1 atom stereocenters. The molecule has 0 aromatic rings. The largest absolute Gasteiger partial charge is 0.465 e. The van der Waals surface area contributed by atoms with Crippen LogP contribution in [-0.2, 0) is 9.53 Å². The highest BCUT2D eigenvalue weighted by molar-refractivity contribution is 5.75. The van der Waals surface area contributed by atoms with Gasteiger partial charge < -0.3 is 10.5 Å². The number of nitrogens with two attached hydrogens (primary N) is 1. The van der Waals surface area contributed by atoms with Crippen molar-refractivity contribution in [2.45, 2.75) is 83.8 Å². The number of rotatable bonds is 8. The van der Waals surface area contributed by atoms with Crippen molar-refractivity contribution < 1.29 is 9.53 Å². The van der Waals surface area contributed by atoms with Crippen LogP contribution in [0.3, 0.4) is 0 Å². The molecule has 1 aliphatic carbocycles. The Labute approximate surface area is 124 Å². The van der Waals surface area contributed by atoms with Gasteiger partial charge in [0.1, 0.15) is 6.04 Å². The highest BCUT2D eigenvalue weighted by atomic mass is 16.5. The fraction of sp³-hybridized carbons (Fsp3) is 0.938. The van der Waals surface area contributed by atoms with Crippen LogP contribution in [0.2, 0.25) is 0 Å². The molecule has 118 valence electrons. The molecule has 4 nitrogen and oxygen atoms in total. The van der Waals surface area contributed by atoms with Gasteiger partial charge in [-0.1, -0.05) is 20.3 Å². The third kappa shape index (κ3) is 5.06. The minimum absolute atomic E-state index is 0.0438. The number of nitrogens with zero attached hydrogens (tertiary/aromatic N) is 1. The Bertz CT molecular complexity index is 276. The van der Waals surface area contributed by atoms with Gasteiger partial charge in [0.25, 0.3) is 0 Å². The number of carbonyl (C=O) groups excluding carboxylic acids is 1. The minimum Gasteiger partial charge on any atom is -0.465 e. The van der Waals surface area contributed by atoms with E-state index < -0.39 is 0 Å². The van der Waals surface area contributed by atoms with Gasteiger partial charge in [0.2, 0.25) is 0 Å². The van der Waals surface area contributed by atoms with E-state index in [1.807, 2.05) is 6.92 Å². The van der Waals surface area contributed by atoms with Gasteiger partial charge in [-0.15, -0.1) is 0 Å². The topological polar surface area (TPSA) is 55.6 Å². The Morgan fingerprint density at radius 3 is 2.35 bits per heavy atom. The molecule has 0 heterocycles. The van der Waals surface area contributed by atoms with Crippen molar-refractivity contribution in [2.75, 3.05) is 13.2 Å². The van der Waals surface area contributed by atoms with E-state index in [0.29, 0.717) is 18.7 Å². The Morgan fingerprint density at radius 1 is 1.20 bits per heavy atom. The highest BCUT2D eigenvalue weighted by Gasteiger charge is 2.33. The first-order valence-electron chi connectivity index (χ1n) is 8.31. The molecule has 2 N–H and O–H groups in total. The van der Waals surface area contributed by atoms with Gasteiger partial charge in [0, 0.05) is 12.1 Å². The summed E-state index contributed by atoms with van der Waals surface area (Å²) in [6.07, 6.45) is 7.35. The number of hydrogen-bond donors (Lipinski definition) is 1. The van der Waals surface area contributed by atoms with Crippen LogP contribution in [0.15, 0.2) is 0 Å². The first-order valence-corrected chi connectivity index (χ1v) is 8.31. The summed E-state index contributed by atoms with van der Waals surface area (Å²) in [4.78, 5) is 14.7. The summed E-state index contributed by atoms with van der Waals surface area (Å²) >= 11 is 0. The van der Waals surface area contributed by atoms with Gasteiger partial charge in [-0.05, 0) is 52.0 Å². The quantitative estimate of drug-likeness (QED) is 0.696. The smallest absolute Gasteiger partial charge is 0.323 e. The summed E-state index contributed by atoms with van der Waals surface area (Å²) in [5.74, 6) is -0.0438. The SMILES string of the molecule is CCCC(C(=O)OCC)N(CCC)C1CCC(N)CC1. The Balaban J connectivity index is 2.75. The van der Waals surface area contributed by atoms with Crippen LogP contribution in [0.1, 0.15) is 65.7 Å². The van der Waals surface area contributed by atoms with Crippen molar-refractivity contribution in [3.05, 3.63) is 0 Å². The molecule has 4 heteroatoms. The molecule has 0 aromatic carbocycles. The zero-order valence-electron chi connectivity index (χ0n) is 13.4. The molecule has 1 rings (SSSR count). The first kappa shape index (κ1) is 17.4. The van der Waals surface area contributed by atoms with Gasteiger partial charge in [-0.2, -0.15) is 0 Å². The molecule has 0 bridgehead atoms. The van der Waals surface area contributed by atoms with Crippen molar-refractivity contribution in [1.82, 2.24) is 4.90 Å². The zero-order valence-corrected chi connectivity index (χ0v) is 13.4. The highest BCUT2D eigenvalue weighted by Crippen LogP contribution is 2.26. The van der Waals surface area contributed by atoms with Crippen LogP contribution in [-0.4, -0.2) is 42.1 Å². The Hall–Kier alpha value is -0.610. The van der Waals surface area contributed by atoms with Crippen LogP contribution in [0, 0.1) is 0 Å². The van der Waals surface area contributed by atoms with Crippen LogP contribution >= 0.6 is 0 Å². The third-order valence-corrected chi connectivity index (χ3v) is 4.21. The molecule has 0 radical (unpaired) electrons. The van der Waals surface area contributed by atoms with E-state index in [0.717, 1.165) is 51.5 Å². The lowest BCUT2D eigenvalue weighted by atomic mass is 9.89. The maximum Gasteiger partial charge on any atom is 0.323 e. The van der Waals surface area contributed by atoms with Gasteiger partial charge in [0.15, 0.2) is 0 Å². The van der Waals surface area contributed by atoms with Gasteiger partial charge in [0.05, 0.1) is 6.61 Å². The monoisotopic (exact) mass is 284 g/mol. The van der Waals surface area contributed by atoms with Crippen LogP contribution in [0.25, 0.3) is 0 Å². The van der Waals surface area contributed by atoms with Gasteiger partial charge in [-0.25, -0.2) is 0 Å². The van der Waals surface area contributed by atoms with Crippen molar-refractivity contribution >= 4 is 5.97 Å². The molecule has 0 saturated heterocycles. The molecule has 1 unspecified atom stereocenters. The third-order valence-electron chi connectivity index (χ3n) is 4.21. The normalized spacial score (nSPS) is 24.6. The van der Waals surface area contributed by atoms with E-state index in [1.54, 1.807) is 0 Å². The molecular formula is C16H32N2O2. The zero-order chi connectivity index (χ0) is 15.0.